The van der Waals surface area contributed by atoms with Crippen molar-refractivity contribution >= 4 is 0 Å². The van der Waals surface area contributed by atoms with E-state index in [9.17, 15) is 0 Å². The highest BCUT2D eigenvalue weighted by Crippen LogP contribution is 2.23. The maximum absolute atomic E-state index is 5.04. The van der Waals surface area contributed by atoms with Crippen molar-refractivity contribution in [2.45, 2.75) is 13.5 Å². The second kappa shape index (κ2) is 3.67. The van der Waals surface area contributed by atoms with E-state index in [1.54, 1.807) is 12.5 Å². The molecule has 0 fully saturated rings. The Labute approximate surface area is 82.3 Å². The van der Waals surface area contributed by atoms with E-state index in [1.807, 2.05) is 20.0 Å². The van der Waals surface area contributed by atoms with Crippen LogP contribution in [0, 0.1) is 6.92 Å². The van der Waals surface area contributed by atoms with Gasteiger partial charge in [-0.25, -0.2) is 0 Å². The number of hydrogen-bond acceptors (Lipinski definition) is 3. The van der Waals surface area contributed by atoms with Crippen molar-refractivity contribution in [2.24, 2.45) is 0 Å². The summed E-state index contributed by atoms with van der Waals surface area (Å²) in [4.78, 5) is 0. The lowest BCUT2D eigenvalue weighted by Crippen LogP contribution is -2.06. The van der Waals surface area contributed by atoms with Gasteiger partial charge in [-0.05, 0) is 20.0 Å². The van der Waals surface area contributed by atoms with Gasteiger partial charge in [0.1, 0.15) is 5.69 Å². The average Bonchev–Trinajstić information content (AvgIpc) is 2.77. The first-order valence-electron chi connectivity index (χ1n) is 4.54. The molecule has 14 heavy (non-hydrogen) atoms. The predicted octanol–water partition coefficient (Wildman–Crippen LogP) is 1.70. The van der Waals surface area contributed by atoms with Crippen LogP contribution in [0.15, 0.2) is 23.0 Å². The second-order valence-corrected chi connectivity index (χ2v) is 3.22. The van der Waals surface area contributed by atoms with Crippen molar-refractivity contribution in [1.29, 1.82) is 0 Å². The summed E-state index contributed by atoms with van der Waals surface area (Å²) >= 11 is 0. The molecule has 0 aliphatic carbocycles. The fraction of sp³-hybridized carbons (Fsp3) is 0.300. The highest BCUT2D eigenvalue weighted by atomic mass is 16.3. The van der Waals surface area contributed by atoms with Crippen LogP contribution in [0.25, 0.3) is 11.3 Å². The van der Waals surface area contributed by atoms with E-state index < -0.39 is 0 Å². The van der Waals surface area contributed by atoms with Gasteiger partial charge in [-0.3, -0.25) is 5.10 Å². The highest BCUT2D eigenvalue weighted by Gasteiger charge is 2.11. The molecule has 0 spiro atoms. The Kier molecular flexibility index (Phi) is 2.37. The molecular weight excluding hydrogens is 178 g/mol. The lowest BCUT2D eigenvalue weighted by Gasteiger charge is -2.00. The third-order valence-corrected chi connectivity index (χ3v) is 2.22. The number of rotatable bonds is 3. The van der Waals surface area contributed by atoms with Gasteiger partial charge >= 0.3 is 0 Å². The highest BCUT2D eigenvalue weighted by molar-refractivity contribution is 5.62. The van der Waals surface area contributed by atoms with Gasteiger partial charge in [-0.2, -0.15) is 5.10 Å². The van der Waals surface area contributed by atoms with Crippen LogP contribution in [0.5, 0.6) is 0 Å². The molecule has 2 aromatic rings. The standard InChI is InChI=1S/C10H13N3O/c1-7-9(5-11-2)10(13-12-7)8-3-4-14-6-8/h3-4,6,11H,5H2,1-2H3,(H,12,13). The van der Waals surface area contributed by atoms with E-state index in [2.05, 4.69) is 15.5 Å². The minimum absolute atomic E-state index is 0.808. The zero-order valence-electron chi connectivity index (χ0n) is 8.29. The minimum atomic E-state index is 0.808. The van der Waals surface area contributed by atoms with Crippen molar-refractivity contribution in [3.8, 4) is 11.3 Å². The SMILES string of the molecule is CNCc1c(-c2ccoc2)n[nH]c1C. The Morgan fingerprint density at radius 1 is 1.57 bits per heavy atom. The Bertz CT molecular complexity index is 403. The van der Waals surface area contributed by atoms with Crippen molar-refractivity contribution in [1.82, 2.24) is 15.5 Å². The van der Waals surface area contributed by atoms with Gasteiger partial charge in [0.25, 0.3) is 0 Å². The topological polar surface area (TPSA) is 53.9 Å². The van der Waals surface area contributed by atoms with E-state index in [4.69, 9.17) is 4.42 Å². The summed E-state index contributed by atoms with van der Waals surface area (Å²) in [5.41, 5.74) is 4.26. The Balaban J connectivity index is 2.43. The maximum Gasteiger partial charge on any atom is 0.100 e. The van der Waals surface area contributed by atoms with Crippen molar-refractivity contribution in [2.75, 3.05) is 7.05 Å². The van der Waals surface area contributed by atoms with Crippen molar-refractivity contribution in [3.05, 3.63) is 29.9 Å². The molecule has 2 heterocycles. The molecule has 4 heteroatoms. The van der Waals surface area contributed by atoms with Gasteiger partial charge in [-0.15, -0.1) is 0 Å². The maximum atomic E-state index is 5.04. The lowest BCUT2D eigenvalue weighted by atomic mass is 10.1. The van der Waals surface area contributed by atoms with E-state index in [0.29, 0.717) is 0 Å². The van der Waals surface area contributed by atoms with Crippen LogP contribution in [0.3, 0.4) is 0 Å². The zero-order chi connectivity index (χ0) is 9.97. The van der Waals surface area contributed by atoms with E-state index in [0.717, 1.165) is 23.5 Å². The first-order valence-corrected chi connectivity index (χ1v) is 4.54. The Morgan fingerprint density at radius 3 is 3.07 bits per heavy atom. The molecule has 0 amide bonds. The molecule has 2 aromatic heterocycles. The molecule has 0 radical (unpaired) electrons. The molecule has 0 aliphatic heterocycles. The normalized spacial score (nSPS) is 10.7. The Hall–Kier alpha value is -1.55. The van der Waals surface area contributed by atoms with Gasteiger partial charge in [-0.1, -0.05) is 0 Å². The lowest BCUT2D eigenvalue weighted by molar-refractivity contribution is 0.568. The van der Waals surface area contributed by atoms with Gasteiger partial charge < -0.3 is 9.73 Å². The van der Waals surface area contributed by atoms with Crippen LogP contribution in [0.4, 0.5) is 0 Å². The zero-order valence-corrected chi connectivity index (χ0v) is 8.29. The Morgan fingerprint density at radius 2 is 2.43 bits per heavy atom. The summed E-state index contributed by atoms with van der Waals surface area (Å²) in [6.45, 7) is 2.83. The minimum Gasteiger partial charge on any atom is -0.472 e. The van der Waals surface area contributed by atoms with Gasteiger partial charge in [0.2, 0.25) is 0 Å². The van der Waals surface area contributed by atoms with Crippen LogP contribution in [-0.4, -0.2) is 17.2 Å². The summed E-state index contributed by atoms with van der Waals surface area (Å²) < 4.78 is 5.04. The number of furan rings is 1. The van der Waals surface area contributed by atoms with E-state index in [1.165, 1.54) is 5.56 Å². The number of nitrogens with one attached hydrogen (secondary N) is 2. The monoisotopic (exact) mass is 191 g/mol. The summed E-state index contributed by atoms with van der Waals surface area (Å²) in [6.07, 6.45) is 3.36. The van der Waals surface area contributed by atoms with E-state index in [-0.39, 0.29) is 0 Å². The quantitative estimate of drug-likeness (QED) is 0.776. The number of hydrogen-bond donors (Lipinski definition) is 2. The number of aryl methyl sites for hydroxylation is 1. The molecule has 74 valence electrons. The average molecular weight is 191 g/mol. The number of H-pyrrole nitrogens is 1. The number of nitrogens with zero attached hydrogens (tertiary/aromatic N) is 1. The summed E-state index contributed by atoms with van der Waals surface area (Å²) in [5, 5.41) is 10.4. The molecule has 0 unspecified atom stereocenters. The molecule has 0 aliphatic rings. The van der Waals surface area contributed by atoms with Crippen LogP contribution in [0.1, 0.15) is 11.3 Å². The summed E-state index contributed by atoms with van der Waals surface area (Å²) in [5.74, 6) is 0. The molecule has 0 aromatic carbocycles. The van der Waals surface area contributed by atoms with Crippen molar-refractivity contribution < 1.29 is 4.42 Å². The molecule has 0 saturated carbocycles. The molecule has 0 atom stereocenters. The second-order valence-electron chi connectivity index (χ2n) is 3.22. The molecule has 2 N–H and O–H groups in total. The molecule has 0 saturated heterocycles. The number of aromatic amines is 1. The van der Waals surface area contributed by atoms with Crippen LogP contribution >= 0.6 is 0 Å². The van der Waals surface area contributed by atoms with Gasteiger partial charge in [0.05, 0.1) is 12.5 Å². The molecular formula is C10H13N3O. The first kappa shape index (κ1) is 9.02. The smallest absolute Gasteiger partial charge is 0.100 e. The van der Waals surface area contributed by atoms with Crippen LogP contribution in [-0.2, 0) is 6.54 Å². The third kappa shape index (κ3) is 1.44. The van der Waals surface area contributed by atoms with E-state index >= 15 is 0 Å². The number of aromatic nitrogens is 2. The first-order chi connectivity index (χ1) is 6.83. The molecule has 4 nitrogen and oxygen atoms in total. The molecule has 2 rings (SSSR count). The third-order valence-electron chi connectivity index (χ3n) is 2.22. The fourth-order valence-corrected chi connectivity index (χ4v) is 1.48. The largest absolute Gasteiger partial charge is 0.472 e. The van der Waals surface area contributed by atoms with Gasteiger partial charge in [0, 0.05) is 23.4 Å². The van der Waals surface area contributed by atoms with Crippen LogP contribution < -0.4 is 5.32 Å². The van der Waals surface area contributed by atoms with Crippen molar-refractivity contribution in [3.63, 3.8) is 0 Å². The predicted molar refractivity (Wildman–Crippen MR) is 53.8 cm³/mol. The van der Waals surface area contributed by atoms with Gasteiger partial charge in [0.15, 0.2) is 0 Å². The summed E-state index contributed by atoms with van der Waals surface area (Å²) in [7, 11) is 1.92. The fourth-order valence-electron chi connectivity index (χ4n) is 1.48. The van der Waals surface area contributed by atoms with Crippen LogP contribution in [0.2, 0.25) is 0 Å². The summed E-state index contributed by atoms with van der Waals surface area (Å²) in [6, 6.07) is 1.91. The molecule has 0 bridgehead atoms.